The van der Waals surface area contributed by atoms with Gasteiger partial charge in [0.2, 0.25) is 0 Å². The van der Waals surface area contributed by atoms with E-state index in [4.69, 9.17) is 0 Å². The Morgan fingerprint density at radius 2 is 0.603 bits per heavy atom. The van der Waals surface area contributed by atoms with Gasteiger partial charge in [0, 0.05) is 91.2 Å². The second-order valence-corrected chi connectivity index (χ2v) is 14.8. The molecule has 6 heteroatoms. The number of fused-ring (bicyclic) bond motifs is 9. The minimum absolute atomic E-state index is 1.04. The molecule has 5 heterocycles. The largest absolute Gasteiger partial charge is 0.310 e. The fourth-order valence-electron chi connectivity index (χ4n) is 9.15. The average Bonchev–Trinajstić information content (AvgIpc) is 3.93. The third-order valence-corrected chi connectivity index (χ3v) is 11.6. The monoisotopic (exact) mass is 742 g/mol. The molecular weight excluding hydrogens is 709 g/mol. The predicted octanol–water partition coefficient (Wildman–Crippen LogP) is 13.2. The van der Waals surface area contributed by atoms with E-state index in [-0.39, 0.29) is 0 Å². The molecule has 0 aliphatic heterocycles. The van der Waals surface area contributed by atoms with E-state index in [1.807, 2.05) is 24.8 Å². The van der Waals surface area contributed by atoms with Crippen molar-refractivity contribution in [1.82, 2.24) is 23.7 Å². The van der Waals surface area contributed by atoms with Crippen LogP contribution in [0.15, 0.2) is 207 Å². The van der Waals surface area contributed by atoms with Gasteiger partial charge in [0.1, 0.15) is 0 Å². The summed E-state index contributed by atoms with van der Waals surface area (Å²) in [6.45, 7) is 0. The van der Waals surface area contributed by atoms with Crippen molar-refractivity contribution in [2.75, 3.05) is 4.90 Å². The molecule has 6 nitrogen and oxygen atoms in total. The van der Waals surface area contributed by atoms with Gasteiger partial charge in [-0.1, -0.05) is 91.0 Å². The van der Waals surface area contributed by atoms with E-state index in [1.54, 1.807) is 0 Å². The number of hydrogen-bond acceptors (Lipinski definition) is 3. The van der Waals surface area contributed by atoms with E-state index in [9.17, 15) is 0 Å². The molecule has 0 saturated carbocycles. The number of pyridine rings is 2. The summed E-state index contributed by atoms with van der Waals surface area (Å²) in [6, 6.07) is 65.5. The molecule has 0 atom stereocenters. The summed E-state index contributed by atoms with van der Waals surface area (Å²) in [5.74, 6) is 0. The predicted molar refractivity (Wildman–Crippen MR) is 240 cm³/mol. The van der Waals surface area contributed by atoms with Gasteiger partial charge in [-0.25, -0.2) is 0 Å². The summed E-state index contributed by atoms with van der Waals surface area (Å²) >= 11 is 0. The van der Waals surface area contributed by atoms with E-state index < -0.39 is 0 Å². The lowest BCUT2D eigenvalue weighted by Crippen LogP contribution is -2.12. The van der Waals surface area contributed by atoms with Gasteiger partial charge >= 0.3 is 0 Å². The van der Waals surface area contributed by atoms with Crippen molar-refractivity contribution in [2.24, 2.45) is 0 Å². The minimum Gasteiger partial charge on any atom is -0.310 e. The van der Waals surface area contributed by atoms with Crippen LogP contribution in [-0.2, 0) is 0 Å². The van der Waals surface area contributed by atoms with Crippen LogP contribution in [-0.4, -0.2) is 23.7 Å². The van der Waals surface area contributed by atoms with Crippen LogP contribution in [0.1, 0.15) is 0 Å². The average molecular weight is 743 g/mol. The van der Waals surface area contributed by atoms with Crippen molar-refractivity contribution in [3.05, 3.63) is 207 Å². The van der Waals surface area contributed by atoms with Gasteiger partial charge in [0.05, 0.1) is 33.1 Å². The number of rotatable bonds is 6. The van der Waals surface area contributed by atoms with Crippen LogP contribution in [0.5, 0.6) is 0 Å². The molecule has 7 aromatic carbocycles. The van der Waals surface area contributed by atoms with Crippen molar-refractivity contribution in [3.8, 4) is 17.1 Å². The van der Waals surface area contributed by atoms with E-state index in [2.05, 4.69) is 211 Å². The Labute approximate surface area is 333 Å². The topological polar surface area (TPSA) is 43.8 Å². The number of aromatic nitrogens is 5. The van der Waals surface area contributed by atoms with Crippen LogP contribution in [0.4, 0.5) is 17.1 Å². The molecule has 0 aliphatic carbocycles. The van der Waals surface area contributed by atoms with Crippen LogP contribution in [0.3, 0.4) is 0 Å². The first-order valence-electron chi connectivity index (χ1n) is 19.6. The third kappa shape index (κ3) is 4.85. The molecule has 12 rings (SSSR count). The zero-order valence-electron chi connectivity index (χ0n) is 31.3. The molecule has 0 fully saturated rings. The fourth-order valence-corrected chi connectivity index (χ4v) is 9.15. The second kappa shape index (κ2) is 12.8. The summed E-state index contributed by atoms with van der Waals surface area (Å²) in [6.07, 6.45) is 7.70. The zero-order chi connectivity index (χ0) is 38.2. The van der Waals surface area contributed by atoms with Gasteiger partial charge in [-0.05, 0) is 91.0 Å². The summed E-state index contributed by atoms with van der Waals surface area (Å²) in [5, 5.41) is 7.11. The minimum atomic E-state index is 1.04. The van der Waals surface area contributed by atoms with Crippen molar-refractivity contribution in [2.45, 2.75) is 0 Å². The second-order valence-electron chi connectivity index (χ2n) is 14.8. The first kappa shape index (κ1) is 32.3. The van der Waals surface area contributed by atoms with E-state index in [0.717, 1.165) is 67.0 Å². The normalized spacial score (nSPS) is 11.8. The summed E-state index contributed by atoms with van der Waals surface area (Å²) < 4.78 is 7.09. The molecule has 0 amide bonds. The Kier molecular flexibility index (Phi) is 7.13. The maximum absolute atomic E-state index is 4.50. The lowest BCUT2D eigenvalue weighted by atomic mass is 10.1. The third-order valence-electron chi connectivity index (χ3n) is 11.6. The van der Waals surface area contributed by atoms with Gasteiger partial charge in [-0.15, -0.1) is 0 Å². The van der Waals surface area contributed by atoms with E-state index in [0.29, 0.717) is 0 Å². The first-order valence-corrected chi connectivity index (χ1v) is 19.6. The summed E-state index contributed by atoms with van der Waals surface area (Å²) in [5.41, 5.74) is 13.3. The molecule has 12 aromatic rings. The molecule has 0 radical (unpaired) electrons. The Balaban J connectivity index is 1.10. The maximum Gasteiger partial charge on any atom is 0.0571 e. The molecule has 0 aliphatic rings. The Hall–Kier alpha value is -7.96. The van der Waals surface area contributed by atoms with E-state index >= 15 is 0 Å². The van der Waals surface area contributed by atoms with Gasteiger partial charge in [-0.2, -0.15) is 0 Å². The molecule has 58 heavy (non-hydrogen) atoms. The van der Waals surface area contributed by atoms with Crippen molar-refractivity contribution >= 4 is 82.5 Å². The molecule has 0 N–H and O–H groups in total. The molecular formula is C52H34N6. The SMILES string of the molecule is c1cc(N(c2cccc(-n3c4ccccc4c4cnccc43)c2)c2cccc(-n3c4ccccc4c4cnccc43)c2)cc(-n2c3ccccc3c3ccccc32)c1. The number of nitrogens with zero attached hydrogens (tertiary/aromatic N) is 6. The highest BCUT2D eigenvalue weighted by atomic mass is 15.2. The summed E-state index contributed by atoms with van der Waals surface area (Å²) in [4.78, 5) is 11.4. The molecule has 0 bridgehead atoms. The number of anilines is 3. The van der Waals surface area contributed by atoms with Crippen LogP contribution in [0, 0.1) is 0 Å². The molecule has 272 valence electrons. The summed E-state index contributed by atoms with van der Waals surface area (Å²) in [7, 11) is 0. The number of benzene rings is 7. The van der Waals surface area contributed by atoms with Crippen molar-refractivity contribution in [3.63, 3.8) is 0 Å². The van der Waals surface area contributed by atoms with E-state index in [1.165, 1.54) is 32.6 Å². The molecule has 0 spiro atoms. The highest BCUT2D eigenvalue weighted by Crippen LogP contribution is 2.41. The van der Waals surface area contributed by atoms with Gasteiger partial charge in [0.25, 0.3) is 0 Å². The smallest absolute Gasteiger partial charge is 0.0571 e. The molecule has 0 unspecified atom stereocenters. The van der Waals surface area contributed by atoms with Crippen LogP contribution in [0.25, 0.3) is 82.5 Å². The lowest BCUT2D eigenvalue weighted by Gasteiger charge is -2.27. The highest BCUT2D eigenvalue weighted by molar-refractivity contribution is 6.11. The maximum atomic E-state index is 4.50. The number of hydrogen-bond donors (Lipinski definition) is 0. The Bertz CT molecular complexity index is 3020. The molecule has 0 saturated heterocycles. The van der Waals surface area contributed by atoms with Crippen molar-refractivity contribution in [1.29, 1.82) is 0 Å². The van der Waals surface area contributed by atoms with Crippen LogP contribution >= 0.6 is 0 Å². The number of para-hydroxylation sites is 4. The Morgan fingerprint density at radius 3 is 0.966 bits per heavy atom. The van der Waals surface area contributed by atoms with Crippen molar-refractivity contribution < 1.29 is 0 Å². The quantitative estimate of drug-likeness (QED) is 0.170. The standard InChI is InChI=1S/C52H34N6/c1-5-22-47-41(18-1)42-19-2-6-23-48(42)56(47)38-15-9-12-35(30-38)55(36-13-10-16-39(31-36)57-49-24-7-3-20-43(49)45-33-53-28-26-51(45)57)37-14-11-17-40(32-37)58-50-25-8-4-21-44(50)46-34-54-29-27-52(46)58/h1-34H. The van der Waals surface area contributed by atoms with Gasteiger partial charge < -0.3 is 18.6 Å². The zero-order valence-corrected chi connectivity index (χ0v) is 31.3. The first-order chi connectivity index (χ1) is 28.8. The Morgan fingerprint density at radius 1 is 0.293 bits per heavy atom. The molecule has 5 aromatic heterocycles. The van der Waals surface area contributed by atoms with Gasteiger partial charge in [-0.3, -0.25) is 9.97 Å². The van der Waals surface area contributed by atoms with Crippen LogP contribution < -0.4 is 4.90 Å². The van der Waals surface area contributed by atoms with Gasteiger partial charge in [0.15, 0.2) is 0 Å². The van der Waals surface area contributed by atoms with Crippen LogP contribution in [0.2, 0.25) is 0 Å². The lowest BCUT2D eigenvalue weighted by molar-refractivity contribution is 1.15. The highest BCUT2D eigenvalue weighted by Gasteiger charge is 2.20. The fraction of sp³-hybridized carbons (Fsp3) is 0.